The van der Waals surface area contributed by atoms with Crippen LogP contribution >= 0.6 is 0 Å². The molecule has 2 saturated heterocycles. The van der Waals surface area contributed by atoms with E-state index in [0.717, 1.165) is 32.4 Å². The Kier molecular flexibility index (Phi) is 3.32. The Morgan fingerprint density at radius 1 is 1.37 bits per heavy atom. The molecule has 3 rings (SSSR count). The van der Waals surface area contributed by atoms with E-state index in [0.29, 0.717) is 12.5 Å². The van der Waals surface area contributed by atoms with Crippen LogP contribution in [-0.2, 0) is 4.74 Å². The number of ether oxygens (including phenoxy) is 2. The van der Waals surface area contributed by atoms with E-state index >= 15 is 0 Å². The van der Waals surface area contributed by atoms with Gasteiger partial charge in [0.2, 0.25) is 5.69 Å². The SMILES string of the molecule is N#Cc1nccnc1OC1COC2(CCNCC2)C1. The van der Waals surface area contributed by atoms with Crippen LogP contribution in [0.1, 0.15) is 25.0 Å². The quantitative estimate of drug-likeness (QED) is 0.840. The smallest absolute Gasteiger partial charge is 0.251 e. The topological polar surface area (TPSA) is 80.1 Å². The lowest BCUT2D eigenvalue weighted by atomic mass is 9.89. The molecule has 1 atom stereocenters. The van der Waals surface area contributed by atoms with Crippen molar-refractivity contribution < 1.29 is 9.47 Å². The van der Waals surface area contributed by atoms with Gasteiger partial charge in [-0.3, -0.25) is 0 Å². The molecule has 1 aromatic heterocycles. The predicted octanol–water partition coefficient (Wildman–Crippen LogP) is 0.638. The number of nitrogens with one attached hydrogen (secondary N) is 1. The fraction of sp³-hybridized carbons (Fsp3) is 0.615. The summed E-state index contributed by atoms with van der Waals surface area (Å²) < 4.78 is 11.7. The van der Waals surface area contributed by atoms with Crippen molar-refractivity contribution in [2.45, 2.75) is 31.0 Å². The predicted molar refractivity (Wildman–Crippen MR) is 66.6 cm³/mol. The summed E-state index contributed by atoms with van der Waals surface area (Å²) in [5.41, 5.74) is 0.180. The van der Waals surface area contributed by atoms with E-state index in [-0.39, 0.29) is 17.4 Å². The fourth-order valence-corrected chi connectivity index (χ4v) is 2.76. The molecular weight excluding hydrogens is 244 g/mol. The molecule has 2 aliphatic heterocycles. The van der Waals surface area contributed by atoms with Gasteiger partial charge in [0.15, 0.2) is 0 Å². The molecule has 6 heteroatoms. The van der Waals surface area contributed by atoms with Crippen molar-refractivity contribution in [3.05, 3.63) is 18.1 Å². The van der Waals surface area contributed by atoms with Crippen LogP contribution in [-0.4, -0.2) is 41.4 Å². The third-order valence-corrected chi connectivity index (χ3v) is 3.74. The average molecular weight is 260 g/mol. The number of rotatable bonds is 2. The van der Waals surface area contributed by atoms with Crippen LogP contribution in [0.3, 0.4) is 0 Å². The minimum atomic E-state index is -0.0507. The lowest BCUT2D eigenvalue weighted by molar-refractivity contribution is -0.0205. The van der Waals surface area contributed by atoms with Crippen molar-refractivity contribution >= 4 is 0 Å². The molecule has 0 amide bonds. The van der Waals surface area contributed by atoms with Gasteiger partial charge in [-0.1, -0.05) is 0 Å². The molecule has 1 aromatic rings. The first kappa shape index (κ1) is 12.3. The van der Waals surface area contributed by atoms with Gasteiger partial charge in [-0.15, -0.1) is 0 Å². The fourth-order valence-electron chi connectivity index (χ4n) is 2.76. The second-order valence-electron chi connectivity index (χ2n) is 5.01. The van der Waals surface area contributed by atoms with Gasteiger partial charge in [0, 0.05) is 18.8 Å². The molecule has 19 heavy (non-hydrogen) atoms. The number of nitrogens with zero attached hydrogens (tertiary/aromatic N) is 3. The van der Waals surface area contributed by atoms with Gasteiger partial charge in [-0.25, -0.2) is 9.97 Å². The van der Waals surface area contributed by atoms with Crippen molar-refractivity contribution in [2.75, 3.05) is 19.7 Å². The summed E-state index contributed by atoms with van der Waals surface area (Å²) in [6.07, 6.45) is 5.87. The largest absolute Gasteiger partial charge is 0.470 e. The minimum absolute atomic E-state index is 0.0399. The van der Waals surface area contributed by atoms with Gasteiger partial charge in [0.25, 0.3) is 5.88 Å². The lowest BCUT2D eigenvalue weighted by Gasteiger charge is -2.32. The van der Waals surface area contributed by atoms with Gasteiger partial charge in [0.05, 0.1) is 12.2 Å². The molecule has 0 aliphatic carbocycles. The van der Waals surface area contributed by atoms with Gasteiger partial charge in [-0.2, -0.15) is 5.26 Å². The summed E-state index contributed by atoms with van der Waals surface area (Å²) in [7, 11) is 0. The van der Waals surface area contributed by atoms with Crippen molar-refractivity contribution in [3.63, 3.8) is 0 Å². The van der Waals surface area contributed by atoms with E-state index in [1.165, 1.54) is 12.4 Å². The molecule has 2 aliphatic rings. The van der Waals surface area contributed by atoms with Gasteiger partial charge in [-0.05, 0) is 25.9 Å². The molecule has 100 valence electrons. The maximum absolute atomic E-state index is 8.96. The summed E-state index contributed by atoms with van der Waals surface area (Å²) in [4.78, 5) is 8.02. The third-order valence-electron chi connectivity index (χ3n) is 3.74. The van der Waals surface area contributed by atoms with E-state index in [9.17, 15) is 0 Å². The second-order valence-corrected chi connectivity index (χ2v) is 5.01. The van der Waals surface area contributed by atoms with Gasteiger partial charge < -0.3 is 14.8 Å². The first-order valence-corrected chi connectivity index (χ1v) is 6.54. The maximum Gasteiger partial charge on any atom is 0.251 e. The number of hydrogen-bond donors (Lipinski definition) is 1. The Morgan fingerprint density at radius 3 is 2.95 bits per heavy atom. The highest BCUT2D eigenvalue weighted by atomic mass is 16.6. The van der Waals surface area contributed by atoms with Crippen LogP contribution in [0, 0.1) is 11.3 Å². The van der Waals surface area contributed by atoms with Crippen LogP contribution in [0.15, 0.2) is 12.4 Å². The minimum Gasteiger partial charge on any atom is -0.470 e. The van der Waals surface area contributed by atoms with Gasteiger partial charge in [0.1, 0.15) is 12.2 Å². The van der Waals surface area contributed by atoms with Crippen molar-refractivity contribution in [1.29, 1.82) is 5.26 Å². The van der Waals surface area contributed by atoms with Crippen LogP contribution < -0.4 is 10.1 Å². The van der Waals surface area contributed by atoms with Crippen molar-refractivity contribution in [2.24, 2.45) is 0 Å². The van der Waals surface area contributed by atoms with E-state index in [1.54, 1.807) is 0 Å². The Morgan fingerprint density at radius 2 is 2.16 bits per heavy atom. The second kappa shape index (κ2) is 5.11. The molecule has 1 N–H and O–H groups in total. The molecule has 2 fully saturated rings. The Hall–Kier alpha value is -1.71. The summed E-state index contributed by atoms with van der Waals surface area (Å²) in [5, 5.41) is 12.3. The number of nitriles is 1. The molecule has 3 heterocycles. The van der Waals surface area contributed by atoms with Crippen LogP contribution in [0.25, 0.3) is 0 Å². The zero-order valence-electron chi connectivity index (χ0n) is 10.6. The first-order chi connectivity index (χ1) is 9.31. The standard InChI is InChI=1S/C13H16N4O2/c14-8-11-12(17-6-5-16-11)19-10-7-13(18-9-10)1-3-15-4-2-13/h5-6,10,15H,1-4,7,9H2. The van der Waals surface area contributed by atoms with Crippen LogP contribution in [0.5, 0.6) is 5.88 Å². The number of hydrogen-bond acceptors (Lipinski definition) is 6. The summed E-state index contributed by atoms with van der Waals surface area (Å²) in [5.74, 6) is 0.310. The maximum atomic E-state index is 8.96. The number of aromatic nitrogens is 2. The van der Waals surface area contributed by atoms with Gasteiger partial charge >= 0.3 is 0 Å². The zero-order chi connectivity index (χ0) is 13.1. The van der Waals surface area contributed by atoms with E-state index in [2.05, 4.69) is 15.3 Å². The average Bonchev–Trinajstić information content (AvgIpc) is 2.83. The molecule has 0 bridgehead atoms. The Balaban J connectivity index is 1.67. The Bertz CT molecular complexity index is 494. The third kappa shape index (κ3) is 2.53. The zero-order valence-corrected chi connectivity index (χ0v) is 10.6. The van der Waals surface area contributed by atoms with E-state index in [1.807, 2.05) is 6.07 Å². The molecule has 0 aromatic carbocycles. The molecule has 1 spiro atoms. The van der Waals surface area contributed by atoms with E-state index in [4.69, 9.17) is 14.7 Å². The molecule has 0 saturated carbocycles. The number of piperidine rings is 1. The van der Waals surface area contributed by atoms with Crippen molar-refractivity contribution in [1.82, 2.24) is 15.3 Å². The monoisotopic (exact) mass is 260 g/mol. The summed E-state index contributed by atoms with van der Waals surface area (Å²) in [6.45, 7) is 2.53. The molecule has 0 radical (unpaired) electrons. The van der Waals surface area contributed by atoms with Crippen LogP contribution in [0.4, 0.5) is 0 Å². The first-order valence-electron chi connectivity index (χ1n) is 6.54. The summed E-state index contributed by atoms with van der Waals surface area (Å²) >= 11 is 0. The van der Waals surface area contributed by atoms with Crippen LogP contribution in [0.2, 0.25) is 0 Å². The molecule has 1 unspecified atom stereocenters. The normalized spacial score (nSPS) is 25.1. The molecule has 6 nitrogen and oxygen atoms in total. The highest BCUT2D eigenvalue weighted by molar-refractivity contribution is 5.30. The Labute approximate surface area is 111 Å². The highest BCUT2D eigenvalue weighted by Gasteiger charge is 2.42. The van der Waals surface area contributed by atoms with E-state index < -0.39 is 0 Å². The summed E-state index contributed by atoms with van der Waals surface area (Å²) in [6, 6.07) is 1.99. The lowest BCUT2D eigenvalue weighted by Crippen LogP contribution is -2.41. The molecular formula is C13H16N4O2. The highest BCUT2D eigenvalue weighted by Crippen LogP contribution is 2.35. The van der Waals surface area contributed by atoms with Crippen molar-refractivity contribution in [3.8, 4) is 11.9 Å².